The molecule has 1 amide bonds. The third-order valence-corrected chi connectivity index (χ3v) is 13.5. The summed E-state index contributed by atoms with van der Waals surface area (Å²) in [4.78, 5) is 26.0. The van der Waals surface area contributed by atoms with E-state index in [1.807, 2.05) is 0 Å². The Balaban J connectivity index is 1.03. The highest BCUT2D eigenvalue weighted by Crippen LogP contribution is 2.57. The number of fused-ring (bicyclic) bond motifs is 4. The fraction of sp³-hybridized carbons (Fsp3) is 0.712. The summed E-state index contributed by atoms with van der Waals surface area (Å²) in [5, 5.41) is 3.01. The standard InChI is InChI=1S/C52H82N2O16S/c1-41-8-9-44-45-39-48-49(54(43(3)51(48,4)5)15-7-37-71(57,58)59)40-47(45)52(46(44)38-41,12-10-42(2)55)13-11-50(56)53-14-16-61-19-20-63-23-24-65-27-28-67-31-32-69-35-36-70-34-33-68-30-29-66-26-25-64-22-21-62-18-17-60-6/h8-9,38-40H,7,10-37H2,1-6H3,(H-,53,56,57,58,59). The Bertz CT molecular complexity index is 2050. The molecule has 1 N–H and O–H groups in total. The van der Waals surface area contributed by atoms with Crippen molar-refractivity contribution in [2.45, 2.75) is 77.6 Å². The van der Waals surface area contributed by atoms with E-state index >= 15 is 0 Å². The number of rotatable bonds is 43. The summed E-state index contributed by atoms with van der Waals surface area (Å²) in [5.41, 5.74) is 7.68. The SMILES string of the molecule is COCCOCCOCCOCCOCCOCCOCCOCCOCCOCCOCCNC(=O)CCC1(CCC(C)=O)c2cc(C)ccc2-c2cc3c(cc21)[N+](CCCS(=O)(=O)[O-])=C(C)C3(C)C. The number of hydrogen-bond donors (Lipinski definition) is 1. The van der Waals surface area contributed by atoms with Crippen molar-refractivity contribution in [3.8, 4) is 11.1 Å². The molecule has 402 valence electrons. The Morgan fingerprint density at radius 1 is 0.592 bits per heavy atom. The van der Waals surface area contributed by atoms with Gasteiger partial charge in [0, 0.05) is 62.6 Å². The van der Waals surface area contributed by atoms with E-state index in [4.69, 9.17) is 52.1 Å². The zero-order chi connectivity index (χ0) is 51.4. The molecule has 2 aliphatic rings. The lowest BCUT2D eigenvalue weighted by atomic mass is 9.70. The monoisotopic (exact) mass is 1020 g/mol. The van der Waals surface area contributed by atoms with Gasteiger partial charge in [-0.3, -0.25) is 4.79 Å². The molecule has 1 atom stereocenters. The molecule has 0 aromatic heterocycles. The fourth-order valence-electron chi connectivity index (χ4n) is 8.72. The predicted molar refractivity (Wildman–Crippen MR) is 267 cm³/mol. The highest BCUT2D eigenvalue weighted by Gasteiger charge is 2.49. The molecule has 0 fully saturated rings. The van der Waals surface area contributed by atoms with Crippen molar-refractivity contribution in [1.29, 1.82) is 0 Å². The average Bonchev–Trinajstić information content (AvgIpc) is 3.69. The quantitative estimate of drug-likeness (QED) is 0.0544. The van der Waals surface area contributed by atoms with Crippen LogP contribution < -0.4 is 5.32 Å². The minimum absolute atomic E-state index is 0.0756. The topological polar surface area (TPSA) is 208 Å². The van der Waals surface area contributed by atoms with Crippen molar-refractivity contribution < 1.29 is 79.2 Å². The van der Waals surface area contributed by atoms with Crippen LogP contribution in [0, 0.1) is 6.92 Å². The van der Waals surface area contributed by atoms with Gasteiger partial charge in [0.1, 0.15) is 12.3 Å². The molecule has 0 radical (unpaired) electrons. The Hall–Kier alpha value is -3.28. The first-order chi connectivity index (χ1) is 34.2. The molecule has 0 saturated carbocycles. The van der Waals surface area contributed by atoms with Crippen LogP contribution in [0.15, 0.2) is 30.3 Å². The molecule has 4 rings (SSSR count). The van der Waals surface area contributed by atoms with E-state index in [1.54, 1.807) is 14.0 Å². The van der Waals surface area contributed by atoms with Crippen LogP contribution in [-0.2, 0) is 82.6 Å². The number of nitrogens with one attached hydrogen (secondary N) is 1. The van der Waals surface area contributed by atoms with Gasteiger partial charge in [-0.1, -0.05) is 23.8 Å². The second-order valence-electron chi connectivity index (χ2n) is 18.2. The molecule has 0 spiro atoms. The zero-order valence-electron chi connectivity index (χ0n) is 43.3. The summed E-state index contributed by atoms with van der Waals surface area (Å²) >= 11 is 0. The molecule has 71 heavy (non-hydrogen) atoms. The number of carbonyl (C=O) groups excluding carboxylic acids is 2. The Labute approximate surface area is 422 Å². The molecule has 0 bridgehead atoms. The molecule has 19 heteroatoms. The first-order valence-corrected chi connectivity index (χ1v) is 26.7. The maximum atomic E-state index is 13.4. The van der Waals surface area contributed by atoms with Crippen molar-refractivity contribution in [2.75, 3.05) is 165 Å². The lowest BCUT2D eigenvalue weighted by Gasteiger charge is -2.32. The molecule has 1 aliphatic heterocycles. The summed E-state index contributed by atoms with van der Waals surface area (Å²) in [6.45, 7) is 20.7. The van der Waals surface area contributed by atoms with E-state index in [1.165, 1.54) is 0 Å². The second-order valence-corrected chi connectivity index (χ2v) is 19.7. The Kier molecular flexibility index (Phi) is 27.9. The maximum Gasteiger partial charge on any atom is 0.220 e. The van der Waals surface area contributed by atoms with Gasteiger partial charge in [-0.2, -0.15) is 4.58 Å². The van der Waals surface area contributed by atoms with E-state index in [2.05, 4.69) is 67.9 Å². The number of ketones is 1. The number of benzene rings is 2. The average molecular weight is 1020 g/mol. The van der Waals surface area contributed by atoms with Crippen LogP contribution >= 0.6 is 0 Å². The van der Waals surface area contributed by atoms with E-state index in [0.29, 0.717) is 171 Å². The van der Waals surface area contributed by atoms with Crippen molar-refractivity contribution in [3.05, 3.63) is 52.6 Å². The van der Waals surface area contributed by atoms with Crippen LogP contribution in [-0.4, -0.2) is 200 Å². The van der Waals surface area contributed by atoms with Crippen LogP contribution in [0.2, 0.25) is 0 Å². The molecule has 18 nitrogen and oxygen atoms in total. The molecule has 2 aromatic rings. The maximum absolute atomic E-state index is 13.4. The van der Waals surface area contributed by atoms with Gasteiger partial charge >= 0.3 is 0 Å². The molecule has 1 aliphatic carbocycles. The van der Waals surface area contributed by atoms with Gasteiger partial charge < -0.3 is 66.8 Å². The number of aryl methyl sites for hydroxylation is 1. The van der Waals surface area contributed by atoms with Crippen LogP contribution in [0.1, 0.15) is 82.1 Å². The van der Waals surface area contributed by atoms with Crippen LogP contribution in [0.4, 0.5) is 5.69 Å². The number of ether oxygens (including phenoxy) is 11. The highest BCUT2D eigenvalue weighted by molar-refractivity contribution is 7.85. The van der Waals surface area contributed by atoms with E-state index in [9.17, 15) is 22.6 Å². The lowest BCUT2D eigenvalue weighted by molar-refractivity contribution is -0.438. The molecule has 2 aromatic carbocycles. The normalized spacial score (nSPS) is 15.9. The summed E-state index contributed by atoms with van der Waals surface area (Å²) in [6, 6.07) is 10.9. The van der Waals surface area contributed by atoms with Crippen LogP contribution in [0.5, 0.6) is 0 Å². The van der Waals surface area contributed by atoms with Gasteiger partial charge in [0.2, 0.25) is 11.6 Å². The summed E-state index contributed by atoms with van der Waals surface area (Å²) in [7, 11) is -2.72. The number of methoxy groups -OCH3 is 1. The predicted octanol–water partition coefficient (Wildman–Crippen LogP) is 4.67. The number of carbonyl (C=O) groups is 2. The first kappa shape index (κ1) is 60.3. The number of nitrogens with zero attached hydrogens (tertiary/aromatic N) is 1. The van der Waals surface area contributed by atoms with Gasteiger partial charge in [0.25, 0.3) is 0 Å². The highest BCUT2D eigenvalue weighted by atomic mass is 32.2. The van der Waals surface area contributed by atoms with Gasteiger partial charge in [-0.05, 0) is 68.9 Å². The van der Waals surface area contributed by atoms with Crippen LogP contribution in [0.3, 0.4) is 0 Å². The third-order valence-electron chi connectivity index (χ3n) is 12.7. The third kappa shape index (κ3) is 20.9. The first-order valence-electron chi connectivity index (χ1n) is 25.1. The minimum atomic E-state index is -4.35. The van der Waals surface area contributed by atoms with Gasteiger partial charge in [0.05, 0.1) is 154 Å². The second kappa shape index (κ2) is 32.8. The lowest BCUT2D eigenvalue weighted by Crippen LogP contribution is -2.32. The van der Waals surface area contributed by atoms with Crippen LogP contribution in [0.25, 0.3) is 11.1 Å². The van der Waals surface area contributed by atoms with Gasteiger partial charge in [0.15, 0.2) is 5.71 Å². The van der Waals surface area contributed by atoms with Crippen molar-refractivity contribution in [2.24, 2.45) is 0 Å². The van der Waals surface area contributed by atoms with Gasteiger partial charge in [-0.25, -0.2) is 8.42 Å². The molecule has 1 unspecified atom stereocenters. The fourth-order valence-corrected chi connectivity index (χ4v) is 9.20. The van der Waals surface area contributed by atoms with E-state index in [-0.39, 0.29) is 29.9 Å². The smallest absolute Gasteiger partial charge is 0.220 e. The number of Topliss-reactive ketones (excluding diaryl/α,β-unsaturated/α-hetero) is 1. The molecular weight excluding hydrogens is 941 g/mol. The molecule has 0 saturated heterocycles. The van der Waals surface area contributed by atoms with Crippen molar-refractivity contribution in [3.63, 3.8) is 0 Å². The van der Waals surface area contributed by atoms with Crippen molar-refractivity contribution >= 4 is 33.2 Å². The number of hydrogen-bond acceptors (Lipinski definition) is 16. The Morgan fingerprint density at radius 2 is 1.03 bits per heavy atom. The van der Waals surface area contributed by atoms with E-state index in [0.717, 1.165) is 44.8 Å². The molecular formula is C52H82N2O16S. The van der Waals surface area contributed by atoms with Crippen molar-refractivity contribution in [1.82, 2.24) is 5.32 Å². The minimum Gasteiger partial charge on any atom is -0.748 e. The van der Waals surface area contributed by atoms with E-state index < -0.39 is 21.3 Å². The molecule has 1 heterocycles. The Morgan fingerprint density at radius 3 is 1.48 bits per heavy atom. The summed E-state index contributed by atoms with van der Waals surface area (Å²) in [6.07, 6.45) is 1.82. The summed E-state index contributed by atoms with van der Waals surface area (Å²) in [5.74, 6) is -0.467. The zero-order valence-corrected chi connectivity index (χ0v) is 44.1. The number of amides is 1. The largest absolute Gasteiger partial charge is 0.748 e. The van der Waals surface area contributed by atoms with Gasteiger partial charge in [-0.15, -0.1) is 0 Å². The summed E-state index contributed by atoms with van der Waals surface area (Å²) < 4.78 is 96.7.